The Labute approximate surface area is 125 Å². The number of rotatable bonds is 6. The van der Waals surface area contributed by atoms with Gasteiger partial charge < -0.3 is 15.3 Å². The summed E-state index contributed by atoms with van der Waals surface area (Å²) in [7, 11) is 0. The number of hydrogen-bond acceptors (Lipinski definition) is 4. The fraction of sp³-hybridized carbons (Fsp3) is 0.714. The van der Waals surface area contributed by atoms with Gasteiger partial charge in [0, 0.05) is 17.8 Å². The Kier molecular flexibility index (Phi) is 5.95. The molecule has 0 bridgehead atoms. The Morgan fingerprint density at radius 1 is 1.55 bits per heavy atom. The van der Waals surface area contributed by atoms with Gasteiger partial charge in [0.15, 0.2) is 0 Å². The lowest BCUT2D eigenvalue weighted by Gasteiger charge is -2.28. The third kappa shape index (κ3) is 5.46. The number of likely N-dealkylation sites (N-methyl/N-ethyl adjacent to an activating group) is 1. The zero-order valence-electron chi connectivity index (χ0n) is 12.9. The third-order valence-electron chi connectivity index (χ3n) is 2.73. The molecular weight excluding hydrogens is 274 g/mol. The van der Waals surface area contributed by atoms with Gasteiger partial charge >= 0.3 is 6.03 Å². The van der Waals surface area contributed by atoms with Gasteiger partial charge in [0.25, 0.3) is 0 Å². The van der Waals surface area contributed by atoms with E-state index in [-0.39, 0.29) is 6.03 Å². The van der Waals surface area contributed by atoms with Crippen LogP contribution in [0, 0.1) is 0 Å². The van der Waals surface area contributed by atoms with Gasteiger partial charge in [-0.1, -0.05) is 13.8 Å². The molecule has 2 amide bonds. The maximum Gasteiger partial charge on any atom is 0.317 e. The quantitative estimate of drug-likeness (QED) is 0.848. The van der Waals surface area contributed by atoms with E-state index >= 15 is 0 Å². The minimum absolute atomic E-state index is 0.172. The Morgan fingerprint density at radius 2 is 2.20 bits per heavy atom. The highest BCUT2D eigenvalue weighted by Crippen LogP contribution is 2.19. The van der Waals surface area contributed by atoms with Crippen molar-refractivity contribution < 1.29 is 9.90 Å². The number of hydrogen-bond donors (Lipinski definition) is 2. The van der Waals surface area contributed by atoms with Gasteiger partial charge in [0.05, 0.1) is 29.4 Å². The highest BCUT2D eigenvalue weighted by Gasteiger charge is 2.21. The van der Waals surface area contributed by atoms with E-state index in [9.17, 15) is 9.90 Å². The first-order valence-corrected chi connectivity index (χ1v) is 7.80. The van der Waals surface area contributed by atoms with Gasteiger partial charge in [0.2, 0.25) is 0 Å². The first-order valence-electron chi connectivity index (χ1n) is 6.92. The summed E-state index contributed by atoms with van der Waals surface area (Å²) >= 11 is 1.62. The lowest BCUT2D eigenvalue weighted by Crippen LogP contribution is -2.46. The molecule has 0 radical (unpaired) electrons. The molecule has 2 N–H and O–H groups in total. The van der Waals surface area contributed by atoms with E-state index in [1.165, 1.54) is 0 Å². The average Bonchev–Trinajstić information content (AvgIpc) is 2.80. The largest absolute Gasteiger partial charge is 0.389 e. The number of aromatic nitrogens is 1. The SMILES string of the molecule is CCN(CC(C)(C)O)C(=O)NCc1csc(C(C)C)n1. The van der Waals surface area contributed by atoms with E-state index in [1.807, 2.05) is 12.3 Å². The van der Waals surface area contributed by atoms with Crippen LogP contribution < -0.4 is 5.32 Å². The smallest absolute Gasteiger partial charge is 0.317 e. The molecule has 1 aromatic rings. The predicted octanol–water partition coefficient (Wildman–Crippen LogP) is 2.57. The van der Waals surface area contributed by atoms with Crippen LogP contribution in [0.5, 0.6) is 0 Å². The molecule has 20 heavy (non-hydrogen) atoms. The normalized spacial score (nSPS) is 11.8. The van der Waals surface area contributed by atoms with Crippen molar-refractivity contribution in [2.45, 2.75) is 52.7 Å². The summed E-state index contributed by atoms with van der Waals surface area (Å²) in [5, 5.41) is 15.7. The van der Waals surface area contributed by atoms with Crippen LogP contribution >= 0.6 is 11.3 Å². The van der Waals surface area contributed by atoms with Crippen molar-refractivity contribution in [3.63, 3.8) is 0 Å². The Balaban J connectivity index is 2.52. The van der Waals surface area contributed by atoms with Crippen molar-refractivity contribution in [1.29, 1.82) is 0 Å². The van der Waals surface area contributed by atoms with Crippen molar-refractivity contribution in [2.75, 3.05) is 13.1 Å². The molecule has 0 aliphatic heterocycles. The predicted molar refractivity (Wildman–Crippen MR) is 82.0 cm³/mol. The zero-order chi connectivity index (χ0) is 15.3. The van der Waals surface area contributed by atoms with Crippen LogP contribution in [0.15, 0.2) is 5.38 Å². The summed E-state index contributed by atoms with van der Waals surface area (Å²) in [5.74, 6) is 0.409. The van der Waals surface area contributed by atoms with E-state index < -0.39 is 5.60 Å². The number of nitrogens with zero attached hydrogens (tertiary/aromatic N) is 2. The van der Waals surface area contributed by atoms with E-state index in [0.29, 0.717) is 25.6 Å². The lowest BCUT2D eigenvalue weighted by molar-refractivity contribution is 0.0479. The average molecular weight is 299 g/mol. The van der Waals surface area contributed by atoms with Crippen LogP contribution in [0.25, 0.3) is 0 Å². The van der Waals surface area contributed by atoms with Crippen molar-refractivity contribution in [3.05, 3.63) is 16.1 Å². The van der Waals surface area contributed by atoms with Gasteiger partial charge in [-0.3, -0.25) is 0 Å². The third-order valence-corrected chi connectivity index (χ3v) is 3.92. The number of thiazole rings is 1. The highest BCUT2D eigenvalue weighted by atomic mass is 32.1. The molecule has 114 valence electrons. The van der Waals surface area contributed by atoms with Gasteiger partial charge in [-0.2, -0.15) is 0 Å². The fourth-order valence-electron chi connectivity index (χ4n) is 1.74. The summed E-state index contributed by atoms with van der Waals surface area (Å²) in [4.78, 5) is 18.1. The number of carbonyl (C=O) groups is 1. The fourth-order valence-corrected chi connectivity index (χ4v) is 2.58. The van der Waals surface area contributed by atoms with Gasteiger partial charge in [0.1, 0.15) is 0 Å². The molecule has 1 rings (SSSR count). The summed E-state index contributed by atoms with van der Waals surface area (Å²) in [5.41, 5.74) is -0.00920. The van der Waals surface area contributed by atoms with Crippen LogP contribution in [0.3, 0.4) is 0 Å². The van der Waals surface area contributed by atoms with Crippen LogP contribution in [0.1, 0.15) is 51.2 Å². The number of amides is 2. The number of urea groups is 1. The molecule has 0 aliphatic carbocycles. The Hall–Kier alpha value is -1.14. The topological polar surface area (TPSA) is 65.5 Å². The maximum atomic E-state index is 12.0. The van der Waals surface area contributed by atoms with Crippen LogP contribution in [-0.4, -0.2) is 39.7 Å². The molecular formula is C14H25N3O2S. The van der Waals surface area contributed by atoms with Gasteiger partial charge in [-0.05, 0) is 20.8 Å². The number of carbonyl (C=O) groups excluding carboxylic acids is 1. The second-order valence-corrected chi connectivity index (χ2v) is 6.71. The van der Waals surface area contributed by atoms with Crippen LogP contribution in [0.2, 0.25) is 0 Å². The van der Waals surface area contributed by atoms with E-state index in [1.54, 1.807) is 30.1 Å². The summed E-state index contributed by atoms with van der Waals surface area (Å²) in [6.45, 7) is 10.8. The zero-order valence-corrected chi connectivity index (χ0v) is 13.8. The maximum absolute atomic E-state index is 12.0. The molecule has 0 unspecified atom stereocenters. The second-order valence-electron chi connectivity index (χ2n) is 5.82. The van der Waals surface area contributed by atoms with E-state index in [4.69, 9.17) is 0 Å². The molecule has 0 fully saturated rings. The van der Waals surface area contributed by atoms with Crippen molar-refractivity contribution in [3.8, 4) is 0 Å². The molecule has 1 aromatic heterocycles. The van der Waals surface area contributed by atoms with E-state index in [0.717, 1.165) is 10.7 Å². The number of aliphatic hydroxyl groups is 1. The molecule has 0 saturated carbocycles. The highest BCUT2D eigenvalue weighted by molar-refractivity contribution is 7.09. The first kappa shape index (κ1) is 16.9. The second kappa shape index (κ2) is 7.04. The molecule has 0 spiro atoms. The summed E-state index contributed by atoms with van der Waals surface area (Å²) in [6.07, 6.45) is 0. The molecule has 0 aliphatic rings. The van der Waals surface area contributed by atoms with Crippen LogP contribution in [-0.2, 0) is 6.54 Å². The van der Waals surface area contributed by atoms with Crippen molar-refractivity contribution in [2.24, 2.45) is 0 Å². The Bertz CT molecular complexity index is 438. The minimum Gasteiger partial charge on any atom is -0.389 e. The first-order chi connectivity index (χ1) is 9.23. The standard InChI is InChI=1S/C14H25N3O2S/c1-6-17(9-14(4,5)19)13(18)15-7-11-8-20-12(16-11)10(2)3/h8,10,19H,6-7,9H2,1-5H3,(H,15,18). The molecule has 1 heterocycles. The lowest BCUT2D eigenvalue weighted by atomic mass is 10.1. The molecule has 0 atom stereocenters. The van der Waals surface area contributed by atoms with Gasteiger partial charge in [-0.15, -0.1) is 11.3 Å². The summed E-state index contributed by atoms with van der Waals surface area (Å²) < 4.78 is 0. The molecule has 6 heteroatoms. The minimum atomic E-state index is -0.890. The van der Waals surface area contributed by atoms with Crippen molar-refractivity contribution in [1.82, 2.24) is 15.2 Å². The summed E-state index contributed by atoms with van der Waals surface area (Å²) in [6, 6.07) is -0.172. The van der Waals surface area contributed by atoms with Crippen LogP contribution in [0.4, 0.5) is 4.79 Å². The van der Waals surface area contributed by atoms with E-state index in [2.05, 4.69) is 24.1 Å². The molecule has 0 saturated heterocycles. The monoisotopic (exact) mass is 299 g/mol. The molecule has 5 nitrogen and oxygen atoms in total. The van der Waals surface area contributed by atoms with Crippen molar-refractivity contribution >= 4 is 17.4 Å². The number of nitrogens with one attached hydrogen (secondary N) is 1. The molecule has 0 aromatic carbocycles. The Morgan fingerprint density at radius 3 is 2.65 bits per heavy atom. The van der Waals surface area contributed by atoms with Gasteiger partial charge in [-0.25, -0.2) is 9.78 Å².